The van der Waals surface area contributed by atoms with Crippen LogP contribution in [-0.2, 0) is 6.42 Å². The van der Waals surface area contributed by atoms with E-state index in [4.69, 9.17) is 9.84 Å². The van der Waals surface area contributed by atoms with Gasteiger partial charge in [-0.2, -0.15) is 0 Å². The lowest BCUT2D eigenvalue weighted by Crippen LogP contribution is -2.07. The van der Waals surface area contributed by atoms with Crippen molar-refractivity contribution in [3.8, 4) is 5.75 Å². The molecule has 0 aliphatic rings. The van der Waals surface area contributed by atoms with E-state index in [0.29, 0.717) is 24.8 Å². The van der Waals surface area contributed by atoms with Crippen molar-refractivity contribution in [1.82, 2.24) is 9.97 Å². The van der Waals surface area contributed by atoms with Gasteiger partial charge in [-0.1, -0.05) is 26.0 Å². The van der Waals surface area contributed by atoms with Gasteiger partial charge in [-0.3, -0.25) is 0 Å². The highest BCUT2D eigenvalue weighted by Gasteiger charge is 2.05. The Labute approximate surface area is 123 Å². The molecule has 21 heavy (non-hydrogen) atoms. The maximum absolute atomic E-state index is 10.7. The van der Waals surface area contributed by atoms with Crippen LogP contribution in [0.5, 0.6) is 5.75 Å². The fraction of sp³-hybridized carbons (Fsp3) is 0.312. The SMILES string of the molecule is CC(C)c1ccc(OCCc2ncc(C(=O)O)cn2)cc1. The van der Waals surface area contributed by atoms with Crippen LogP contribution < -0.4 is 4.74 Å². The summed E-state index contributed by atoms with van der Waals surface area (Å²) in [5, 5.41) is 8.76. The van der Waals surface area contributed by atoms with Crippen molar-refractivity contribution in [2.24, 2.45) is 0 Å². The molecule has 0 atom stereocenters. The first-order chi connectivity index (χ1) is 10.1. The van der Waals surface area contributed by atoms with E-state index in [9.17, 15) is 4.79 Å². The van der Waals surface area contributed by atoms with Gasteiger partial charge < -0.3 is 9.84 Å². The molecule has 0 spiro atoms. The summed E-state index contributed by atoms with van der Waals surface area (Å²) in [6, 6.07) is 8.00. The summed E-state index contributed by atoms with van der Waals surface area (Å²) < 4.78 is 5.63. The lowest BCUT2D eigenvalue weighted by atomic mass is 10.0. The molecular weight excluding hydrogens is 268 g/mol. The summed E-state index contributed by atoms with van der Waals surface area (Å²) >= 11 is 0. The van der Waals surface area contributed by atoms with Gasteiger partial charge in [-0.25, -0.2) is 14.8 Å². The zero-order valence-electron chi connectivity index (χ0n) is 12.1. The number of carboxylic acid groups (broad SMARTS) is 1. The summed E-state index contributed by atoms with van der Waals surface area (Å²) in [6.45, 7) is 4.75. The molecule has 5 nitrogen and oxygen atoms in total. The van der Waals surface area contributed by atoms with Crippen molar-refractivity contribution in [2.45, 2.75) is 26.2 Å². The third kappa shape index (κ3) is 4.27. The van der Waals surface area contributed by atoms with Crippen LogP contribution in [-0.4, -0.2) is 27.7 Å². The lowest BCUT2D eigenvalue weighted by molar-refractivity contribution is 0.0696. The number of ether oxygens (including phenoxy) is 1. The minimum absolute atomic E-state index is 0.0870. The highest BCUT2D eigenvalue weighted by atomic mass is 16.5. The van der Waals surface area contributed by atoms with Crippen LogP contribution >= 0.6 is 0 Å². The van der Waals surface area contributed by atoms with Crippen LogP contribution in [0.15, 0.2) is 36.7 Å². The van der Waals surface area contributed by atoms with Crippen molar-refractivity contribution < 1.29 is 14.6 Å². The second-order valence-electron chi connectivity index (χ2n) is 5.02. The molecule has 0 saturated carbocycles. The number of hydrogen-bond acceptors (Lipinski definition) is 4. The van der Waals surface area contributed by atoms with Crippen LogP contribution in [0.4, 0.5) is 0 Å². The third-order valence-corrected chi connectivity index (χ3v) is 3.09. The normalized spacial score (nSPS) is 10.6. The number of carboxylic acids is 1. The van der Waals surface area contributed by atoms with Crippen molar-refractivity contribution in [3.63, 3.8) is 0 Å². The van der Waals surface area contributed by atoms with Crippen LogP contribution in [0.1, 0.15) is 41.5 Å². The van der Waals surface area contributed by atoms with Crippen LogP contribution in [0.2, 0.25) is 0 Å². The van der Waals surface area contributed by atoms with E-state index in [1.54, 1.807) is 0 Å². The minimum atomic E-state index is -1.02. The fourth-order valence-corrected chi connectivity index (χ4v) is 1.80. The van der Waals surface area contributed by atoms with Crippen molar-refractivity contribution in [1.29, 1.82) is 0 Å². The molecule has 2 aromatic rings. The van der Waals surface area contributed by atoms with E-state index in [1.165, 1.54) is 18.0 Å². The maximum Gasteiger partial charge on any atom is 0.338 e. The zero-order valence-corrected chi connectivity index (χ0v) is 12.1. The van der Waals surface area contributed by atoms with Gasteiger partial charge in [0, 0.05) is 18.8 Å². The molecule has 0 bridgehead atoms. The van der Waals surface area contributed by atoms with E-state index in [1.807, 2.05) is 12.1 Å². The first kappa shape index (κ1) is 15.0. The molecule has 0 saturated heterocycles. The van der Waals surface area contributed by atoms with E-state index >= 15 is 0 Å². The number of rotatable bonds is 6. The summed E-state index contributed by atoms with van der Waals surface area (Å²) in [5.41, 5.74) is 1.36. The van der Waals surface area contributed by atoms with E-state index < -0.39 is 5.97 Å². The quantitative estimate of drug-likeness (QED) is 0.884. The lowest BCUT2D eigenvalue weighted by Gasteiger charge is -2.08. The molecule has 1 aromatic carbocycles. The van der Waals surface area contributed by atoms with Gasteiger partial charge in [0.25, 0.3) is 0 Å². The predicted octanol–water partition coefficient (Wildman–Crippen LogP) is 2.92. The average molecular weight is 286 g/mol. The minimum Gasteiger partial charge on any atom is -0.493 e. The van der Waals surface area contributed by atoms with Crippen molar-refractivity contribution in [3.05, 3.63) is 53.6 Å². The number of aromatic nitrogens is 2. The van der Waals surface area contributed by atoms with Crippen molar-refractivity contribution >= 4 is 5.97 Å². The molecule has 0 aliphatic heterocycles. The molecule has 0 amide bonds. The Balaban J connectivity index is 1.85. The molecule has 0 radical (unpaired) electrons. The third-order valence-electron chi connectivity index (χ3n) is 3.09. The molecule has 110 valence electrons. The molecule has 0 fully saturated rings. The standard InChI is InChI=1S/C16H18N2O3/c1-11(2)12-3-5-14(6-4-12)21-8-7-15-17-9-13(10-18-15)16(19)20/h3-6,9-11H,7-8H2,1-2H3,(H,19,20). The Morgan fingerprint density at radius 3 is 2.33 bits per heavy atom. The van der Waals surface area contributed by atoms with Crippen molar-refractivity contribution in [2.75, 3.05) is 6.61 Å². The van der Waals surface area contributed by atoms with Gasteiger partial charge >= 0.3 is 5.97 Å². The van der Waals surface area contributed by atoms with E-state index in [-0.39, 0.29) is 5.56 Å². The molecule has 0 aliphatic carbocycles. The van der Waals surface area contributed by atoms with Gasteiger partial charge in [-0.15, -0.1) is 0 Å². The Kier molecular flexibility index (Phi) is 4.87. The molecular formula is C16H18N2O3. The molecule has 1 heterocycles. The Morgan fingerprint density at radius 2 is 1.81 bits per heavy atom. The fourth-order valence-electron chi connectivity index (χ4n) is 1.80. The Bertz CT molecular complexity index is 592. The zero-order chi connectivity index (χ0) is 15.2. The number of aromatic carboxylic acids is 1. The van der Waals surface area contributed by atoms with Gasteiger partial charge in [-0.05, 0) is 23.6 Å². The van der Waals surface area contributed by atoms with Gasteiger partial charge in [0.05, 0.1) is 12.2 Å². The second kappa shape index (κ2) is 6.83. The van der Waals surface area contributed by atoms with E-state index in [0.717, 1.165) is 5.75 Å². The van der Waals surface area contributed by atoms with Crippen LogP contribution in [0.3, 0.4) is 0 Å². The van der Waals surface area contributed by atoms with Crippen LogP contribution in [0, 0.1) is 0 Å². The molecule has 5 heteroatoms. The van der Waals surface area contributed by atoms with E-state index in [2.05, 4.69) is 35.9 Å². The van der Waals surface area contributed by atoms with Gasteiger partial charge in [0.1, 0.15) is 11.6 Å². The first-order valence-corrected chi connectivity index (χ1v) is 6.83. The second-order valence-corrected chi connectivity index (χ2v) is 5.02. The van der Waals surface area contributed by atoms with Gasteiger partial charge in [0.15, 0.2) is 0 Å². The summed E-state index contributed by atoms with van der Waals surface area (Å²) in [7, 11) is 0. The average Bonchev–Trinajstić information content (AvgIpc) is 2.48. The summed E-state index contributed by atoms with van der Waals surface area (Å²) in [5.74, 6) is 0.851. The topological polar surface area (TPSA) is 72.3 Å². The molecule has 1 N–H and O–H groups in total. The predicted molar refractivity (Wildman–Crippen MR) is 78.7 cm³/mol. The highest BCUT2D eigenvalue weighted by Crippen LogP contribution is 2.18. The molecule has 1 aromatic heterocycles. The largest absolute Gasteiger partial charge is 0.493 e. The molecule has 2 rings (SSSR count). The summed E-state index contributed by atoms with van der Waals surface area (Å²) in [6.07, 6.45) is 3.15. The molecule has 0 unspecified atom stereocenters. The number of nitrogens with zero attached hydrogens (tertiary/aromatic N) is 2. The number of hydrogen-bond donors (Lipinski definition) is 1. The first-order valence-electron chi connectivity index (χ1n) is 6.83. The smallest absolute Gasteiger partial charge is 0.338 e. The summed E-state index contributed by atoms with van der Waals surface area (Å²) in [4.78, 5) is 18.7. The Hall–Kier alpha value is -2.43. The number of carbonyl (C=O) groups is 1. The monoisotopic (exact) mass is 286 g/mol. The maximum atomic E-state index is 10.7. The number of benzene rings is 1. The Morgan fingerprint density at radius 1 is 1.19 bits per heavy atom. The highest BCUT2D eigenvalue weighted by molar-refractivity contribution is 5.86. The van der Waals surface area contributed by atoms with Crippen LogP contribution in [0.25, 0.3) is 0 Å². The van der Waals surface area contributed by atoms with Gasteiger partial charge in [0.2, 0.25) is 0 Å².